The molecular weight excluding hydrogens is 256 g/mol. The number of carboxylic acid groups (broad SMARTS) is 1. The molecule has 1 aliphatic heterocycles. The summed E-state index contributed by atoms with van der Waals surface area (Å²) < 4.78 is 1.83. The second-order valence-corrected chi connectivity index (χ2v) is 5.05. The summed E-state index contributed by atoms with van der Waals surface area (Å²) in [6.07, 6.45) is 4.82. The molecule has 1 aromatic heterocycles. The molecule has 0 atom stereocenters. The zero-order chi connectivity index (χ0) is 14.1. The number of carboxylic acids is 1. The van der Waals surface area contributed by atoms with Crippen molar-refractivity contribution in [3.05, 3.63) is 46.2 Å². The molecule has 1 fully saturated rings. The number of rotatable bonds is 2. The van der Waals surface area contributed by atoms with Crippen molar-refractivity contribution in [1.29, 1.82) is 0 Å². The van der Waals surface area contributed by atoms with E-state index in [0.29, 0.717) is 5.39 Å². The Morgan fingerprint density at radius 1 is 1.10 bits per heavy atom. The predicted octanol–water partition coefficient (Wildman–Crippen LogP) is 1.82. The van der Waals surface area contributed by atoms with E-state index in [1.54, 1.807) is 12.1 Å². The fourth-order valence-electron chi connectivity index (χ4n) is 2.74. The molecule has 1 aromatic carbocycles. The van der Waals surface area contributed by atoms with Gasteiger partial charge in [0.05, 0.1) is 5.52 Å². The average Bonchev–Trinajstić information content (AvgIpc) is 2.48. The van der Waals surface area contributed by atoms with E-state index in [2.05, 4.69) is 5.01 Å². The first-order valence-electron chi connectivity index (χ1n) is 6.81. The highest BCUT2D eigenvalue weighted by molar-refractivity contribution is 5.92. The van der Waals surface area contributed by atoms with E-state index < -0.39 is 11.4 Å². The maximum Gasteiger partial charge on any atom is 0.341 e. The van der Waals surface area contributed by atoms with Crippen LogP contribution in [-0.2, 0) is 0 Å². The Hall–Kier alpha value is -2.30. The Bertz CT molecular complexity index is 715. The molecule has 20 heavy (non-hydrogen) atoms. The smallest absolute Gasteiger partial charge is 0.341 e. The van der Waals surface area contributed by atoms with Gasteiger partial charge in [-0.2, -0.15) is 0 Å². The minimum Gasteiger partial charge on any atom is -0.477 e. The molecule has 5 nitrogen and oxygen atoms in total. The summed E-state index contributed by atoms with van der Waals surface area (Å²) >= 11 is 0. The van der Waals surface area contributed by atoms with Crippen LogP contribution in [0.2, 0.25) is 0 Å². The number of aromatic carboxylic acids is 1. The summed E-state index contributed by atoms with van der Waals surface area (Å²) in [5, 5.41) is 11.8. The molecule has 3 rings (SSSR count). The van der Waals surface area contributed by atoms with Gasteiger partial charge in [0.1, 0.15) is 5.56 Å². The van der Waals surface area contributed by atoms with Crippen molar-refractivity contribution < 1.29 is 9.90 Å². The summed E-state index contributed by atoms with van der Waals surface area (Å²) in [6.45, 7) is 1.76. The Kier molecular flexibility index (Phi) is 3.18. The Morgan fingerprint density at radius 2 is 1.80 bits per heavy atom. The Balaban J connectivity index is 2.26. The molecule has 0 radical (unpaired) electrons. The van der Waals surface area contributed by atoms with E-state index in [1.807, 2.05) is 16.8 Å². The average molecular weight is 272 g/mol. The minimum atomic E-state index is -1.17. The van der Waals surface area contributed by atoms with Gasteiger partial charge < -0.3 is 10.1 Å². The van der Waals surface area contributed by atoms with Crippen molar-refractivity contribution in [3.63, 3.8) is 0 Å². The van der Waals surface area contributed by atoms with Crippen LogP contribution in [0.5, 0.6) is 0 Å². The van der Waals surface area contributed by atoms with Crippen LogP contribution in [0.4, 0.5) is 0 Å². The summed E-state index contributed by atoms with van der Waals surface area (Å²) in [5.41, 5.74) is 0.181. The number of carbonyl (C=O) groups is 1. The largest absolute Gasteiger partial charge is 0.477 e. The number of nitrogens with zero attached hydrogens (tertiary/aromatic N) is 2. The van der Waals surface area contributed by atoms with Crippen LogP contribution in [0.15, 0.2) is 35.3 Å². The first kappa shape index (κ1) is 12.7. The molecule has 2 heterocycles. The molecule has 2 aromatic rings. The molecule has 0 spiro atoms. The topological polar surface area (TPSA) is 62.5 Å². The zero-order valence-electron chi connectivity index (χ0n) is 11.1. The Labute approximate surface area is 116 Å². The lowest BCUT2D eigenvalue weighted by atomic mass is 10.1. The predicted molar refractivity (Wildman–Crippen MR) is 77.0 cm³/mol. The van der Waals surface area contributed by atoms with Crippen LogP contribution in [0, 0.1) is 0 Å². The fourth-order valence-corrected chi connectivity index (χ4v) is 2.74. The first-order valence-corrected chi connectivity index (χ1v) is 6.81. The van der Waals surface area contributed by atoms with Gasteiger partial charge in [0.2, 0.25) is 5.43 Å². The second-order valence-electron chi connectivity index (χ2n) is 5.05. The molecule has 0 unspecified atom stereocenters. The van der Waals surface area contributed by atoms with Crippen LogP contribution in [0.1, 0.15) is 29.6 Å². The van der Waals surface area contributed by atoms with Crippen LogP contribution < -0.4 is 10.4 Å². The molecular formula is C15H16N2O3. The van der Waals surface area contributed by atoms with Gasteiger partial charge in [-0.05, 0) is 31.4 Å². The monoisotopic (exact) mass is 272 g/mol. The van der Waals surface area contributed by atoms with Gasteiger partial charge in [-0.1, -0.05) is 12.1 Å². The van der Waals surface area contributed by atoms with Gasteiger partial charge in [0, 0.05) is 24.7 Å². The lowest BCUT2D eigenvalue weighted by Crippen LogP contribution is -2.40. The number of para-hydroxylation sites is 1. The normalized spacial score (nSPS) is 15.5. The summed E-state index contributed by atoms with van der Waals surface area (Å²) in [4.78, 5) is 23.5. The van der Waals surface area contributed by atoms with Gasteiger partial charge >= 0.3 is 5.97 Å². The molecule has 104 valence electrons. The first-order chi connectivity index (χ1) is 9.68. The van der Waals surface area contributed by atoms with E-state index in [0.717, 1.165) is 31.4 Å². The maximum absolute atomic E-state index is 12.2. The number of piperidine rings is 1. The molecule has 0 amide bonds. The highest BCUT2D eigenvalue weighted by Gasteiger charge is 2.18. The minimum absolute atomic E-state index is 0.172. The number of hydrogen-bond donors (Lipinski definition) is 1. The molecule has 1 saturated heterocycles. The second kappa shape index (κ2) is 5.00. The van der Waals surface area contributed by atoms with E-state index >= 15 is 0 Å². The van der Waals surface area contributed by atoms with Crippen molar-refractivity contribution in [1.82, 2.24) is 4.68 Å². The van der Waals surface area contributed by atoms with Crippen molar-refractivity contribution in [2.24, 2.45) is 0 Å². The third kappa shape index (κ3) is 2.05. The van der Waals surface area contributed by atoms with Crippen molar-refractivity contribution in [2.75, 3.05) is 18.1 Å². The zero-order valence-corrected chi connectivity index (χ0v) is 11.1. The number of benzene rings is 1. The SMILES string of the molecule is O=C(O)c1cn(N2CCCCC2)c2ccccc2c1=O. The van der Waals surface area contributed by atoms with Crippen LogP contribution in [0.3, 0.4) is 0 Å². The number of pyridine rings is 1. The van der Waals surface area contributed by atoms with Gasteiger partial charge in [-0.15, -0.1) is 0 Å². The Morgan fingerprint density at radius 3 is 2.50 bits per heavy atom. The lowest BCUT2D eigenvalue weighted by molar-refractivity contribution is 0.0695. The number of aromatic nitrogens is 1. The van der Waals surface area contributed by atoms with E-state index in [9.17, 15) is 14.7 Å². The van der Waals surface area contributed by atoms with Crippen LogP contribution in [-0.4, -0.2) is 28.8 Å². The van der Waals surface area contributed by atoms with E-state index in [4.69, 9.17) is 0 Å². The molecule has 0 bridgehead atoms. The molecule has 0 aliphatic carbocycles. The van der Waals surface area contributed by atoms with E-state index in [1.165, 1.54) is 12.6 Å². The van der Waals surface area contributed by atoms with Gasteiger partial charge in [0.25, 0.3) is 0 Å². The standard InChI is InChI=1S/C15H16N2O3/c18-14-11-6-2-3-7-13(11)17(10-12(14)15(19)20)16-8-4-1-5-9-16/h2-3,6-7,10H,1,4-5,8-9H2,(H,19,20). The van der Waals surface area contributed by atoms with Gasteiger partial charge in [-0.3, -0.25) is 9.47 Å². The molecule has 5 heteroatoms. The summed E-state index contributed by atoms with van der Waals surface area (Å²) in [7, 11) is 0. The fraction of sp³-hybridized carbons (Fsp3) is 0.333. The third-order valence-corrected chi connectivity index (χ3v) is 3.76. The van der Waals surface area contributed by atoms with Gasteiger partial charge in [-0.25, -0.2) is 4.79 Å². The highest BCUT2D eigenvalue weighted by Crippen LogP contribution is 2.15. The molecule has 1 N–H and O–H groups in total. The quantitative estimate of drug-likeness (QED) is 0.905. The van der Waals surface area contributed by atoms with Crippen LogP contribution >= 0.6 is 0 Å². The summed E-state index contributed by atoms with van der Waals surface area (Å²) in [5.74, 6) is -1.17. The molecule has 0 saturated carbocycles. The van der Waals surface area contributed by atoms with E-state index in [-0.39, 0.29) is 5.56 Å². The summed E-state index contributed by atoms with van der Waals surface area (Å²) in [6, 6.07) is 7.17. The van der Waals surface area contributed by atoms with Crippen molar-refractivity contribution in [2.45, 2.75) is 19.3 Å². The van der Waals surface area contributed by atoms with Crippen molar-refractivity contribution in [3.8, 4) is 0 Å². The molecule has 1 aliphatic rings. The maximum atomic E-state index is 12.2. The third-order valence-electron chi connectivity index (χ3n) is 3.76. The van der Waals surface area contributed by atoms with Crippen LogP contribution in [0.25, 0.3) is 10.9 Å². The number of fused-ring (bicyclic) bond motifs is 1. The number of hydrogen-bond acceptors (Lipinski definition) is 3. The van der Waals surface area contributed by atoms with Crippen molar-refractivity contribution >= 4 is 16.9 Å². The lowest BCUT2D eigenvalue weighted by Gasteiger charge is -2.32. The van der Waals surface area contributed by atoms with Gasteiger partial charge in [0.15, 0.2) is 0 Å². The highest BCUT2D eigenvalue weighted by atomic mass is 16.4.